The number of ether oxygens (including phenoxy) is 3. The van der Waals surface area contributed by atoms with Gasteiger partial charge in [0.1, 0.15) is 5.92 Å². The molecule has 1 rings (SSSR count). The van der Waals surface area contributed by atoms with Gasteiger partial charge in [-0.2, -0.15) is 5.26 Å². The Hall–Kier alpha value is -2.22. The van der Waals surface area contributed by atoms with Gasteiger partial charge in [-0.15, -0.1) is 0 Å². The maximum absolute atomic E-state index is 12.0. The Morgan fingerprint density at radius 1 is 1.17 bits per heavy atom. The van der Waals surface area contributed by atoms with E-state index in [-0.39, 0.29) is 11.5 Å². The first-order chi connectivity index (χ1) is 8.60. The number of methoxy groups -OCH3 is 3. The molecule has 1 unspecified atom stereocenters. The van der Waals surface area contributed by atoms with Crippen LogP contribution in [0, 0.1) is 17.2 Å². The Bertz CT molecular complexity index is 490. The third-order valence-corrected chi connectivity index (χ3v) is 2.56. The lowest BCUT2D eigenvalue weighted by Gasteiger charge is -2.15. The van der Waals surface area contributed by atoms with E-state index in [0.717, 1.165) is 0 Å². The minimum absolute atomic E-state index is 0.281. The molecule has 0 aliphatic heterocycles. The van der Waals surface area contributed by atoms with Gasteiger partial charge in [0.2, 0.25) is 5.75 Å². The second kappa shape index (κ2) is 5.92. The first-order valence-electron chi connectivity index (χ1n) is 5.33. The molecule has 1 aromatic rings. The van der Waals surface area contributed by atoms with Crippen LogP contribution in [0.4, 0.5) is 0 Å². The van der Waals surface area contributed by atoms with Gasteiger partial charge in [0.05, 0.1) is 33.0 Å². The van der Waals surface area contributed by atoms with Gasteiger partial charge in [-0.3, -0.25) is 4.79 Å². The summed E-state index contributed by atoms with van der Waals surface area (Å²) in [5.74, 6) is 0.0442. The van der Waals surface area contributed by atoms with Crippen molar-refractivity contribution in [3.63, 3.8) is 0 Å². The van der Waals surface area contributed by atoms with E-state index >= 15 is 0 Å². The Kier molecular flexibility index (Phi) is 4.55. The van der Waals surface area contributed by atoms with Crippen molar-refractivity contribution < 1.29 is 19.0 Å². The van der Waals surface area contributed by atoms with Gasteiger partial charge in [-0.25, -0.2) is 0 Å². The van der Waals surface area contributed by atoms with Crippen LogP contribution in [-0.2, 0) is 0 Å². The van der Waals surface area contributed by atoms with E-state index in [0.29, 0.717) is 17.1 Å². The van der Waals surface area contributed by atoms with Crippen LogP contribution in [-0.4, -0.2) is 27.1 Å². The number of Topliss-reactive ketones (excluding diaryl/α,β-unsaturated/α-hetero) is 1. The van der Waals surface area contributed by atoms with E-state index in [4.69, 9.17) is 19.5 Å². The number of rotatable bonds is 5. The Balaban J connectivity index is 3.39. The summed E-state index contributed by atoms with van der Waals surface area (Å²) in [6, 6.07) is 5.08. The normalized spacial score (nSPS) is 11.3. The summed E-state index contributed by atoms with van der Waals surface area (Å²) >= 11 is 0. The molecule has 0 amide bonds. The molecule has 0 heterocycles. The van der Waals surface area contributed by atoms with Crippen LogP contribution >= 0.6 is 0 Å². The molecule has 0 aliphatic rings. The fourth-order valence-corrected chi connectivity index (χ4v) is 1.59. The molecular formula is C13H15NO4. The van der Waals surface area contributed by atoms with Gasteiger partial charge >= 0.3 is 0 Å². The summed E-state index contributed by atoms with van der Waals surface area (Å²) in [6.07, 6.45) is 0. The summed E-state index contributed by atoms with van der Waals surface area (Å²) in [4.78, 5) is 12.0. The number of nitriles is 1. The van der Waals surface area contributed by atoms with Crippen molar-refractivity contribution in [2.75, 3.05) is 21.3 Å². The molecule has 5 heteroatoms. The van der Waals surface area contributed by atoms with Crippen molar-refractivity contribution in [3.8, 4) is 23.3 Å². The standard InChI is InChI=1S/C13H15NO4/c1-8(7-14)11(15)9-5-6-10(16-2)13(18-4)12(9)17-3/h5-6,8H,1-4H3. The number of hydrogen-bond acceptors (Lipinski definition) is 5. The van der Waals surface area contributed by atoms with Crippen molar-refractivity contribution in [2.45, 2.75) is 6.92 Å². The lowest BCUT2D eigenvalue weighted by molar-refractivity contribution is 0.0952. The fraction of sp³-hybridized carbons (Fsp3) is 0.385. The molecule has 0 saturated carbocycles. The Labute approximate surface area is 106 Å². The number of nitrogens with zero attached hydrogens (tertiary/aromatic N) is 1. The average molecular weight is 249 g/mol. The second-order valence-corrected chi connectivity index (χ2v) is 3.60. The zero-order valence-corrected chi connectivity index (χ0v) is 10.8. The summed E-state index contributed by atoms with van der Waals surface area (Å²) in [6.45, 7) is 1.54. The number of carbonyl (C=O) groups excluding carboxylic acids is 1. The van der Waals surface area contributed by atoms with E-state index in [9.17, 15) is 4.79 Å². The smallest absolute Gasteiger partial charge is 0.204 e. The maximum Gasteiger partial charge on any atom is 0.204 e. The van der Waals surface area contributed by atoms with E-state index in [1.165, 1.54) is 21.3 Å². The Morgan fingerprint density at radius 2 is 1.78 bits per heavy atom. The molecule has 0 bridgehead atoms. The first kappa shape index (κ1) is 13.8. The number of carbonyl (C=O) groups is 1. The summed E-state index contributed by atoms with van der Waals surface area (Å²) < 4.78 is 15.5. The van der Waals surface area contributed by atoms with E-state index in [2.05, 4.69) is 0 Å². The van der Waals surface area contributed by atoms with Gasteiger partial charge in [0.15, 0.2) is 17.3 Å². The molecule has 0 saturated heterocycles. The van der Waals surface area contributed by atoms with Gasteiger partial charge in [-0.05, 0) is 19.1 Å². The molecule has 0 aliphatic carbocycles. The predicted octanol–water partition coefficient (Wildman–Crippen LogP) is 2.05. The molecule has 0 aromatic heterocycles. The molecule has 1 aromatic carbocycles. The van der Waals surface area contributed by atoms with Crippen LogP contribution in [0.5, 0.6) is 17.2 Å². The maximum atomic E-state index is 12.0. The first-order valence-corrected chi connectivity index (χ1v) is 5.33. The van der Waals surface area contributed by atoms with E-state index in [1.54, 1.807) is 19.1 Å². The van der Waals surface area contributed by atoms with Crippen molar-refractivity contribution in [3.05, 3.63) is 17.7 Å². The van der Waals surface area contributed by atoms with Crippen molar-refractivity contribution in [2.24, 2.45) is 5.92 Å². The highest BCUT2D eigenvalue weighted by atomic mass is 16.5. The summed E-state index contributed by atoms with van der Waals surface area (Å²) in [7, 11) is 4.39. The summed E-state index contributed by atoms with van der Waals surface area (Å²) in [5, 5.41) is 8.79. The number of ketones is 1. The number of benzene rings is 1. The third kappa shape index (κ3) is 2.38. The molecule has 18 heavy (non-hydrogen) atoms. The largest absolute Gasteiger partial charge is 0.493 e. The second-order valence-electron chi connectivity index (χ2n) is 3.60. The van der Waals surface area contributed by atoms with Crippen molar-refractivity contribution >= 4 is 5.78 Å². The highest BCUT2D eigenvalue weighted by Crippen LogP contribution is 2.40. The van der Waals surface area contributed by atoms with Crippen molar-refractivity contribution in [1.82, 2.24) is 0 Å². The van der Waals surface area contributed by atoms with Gasteiger partial charge in [0, 0.05) is 0 Å². The third-order valence-electron chi connectivity index (χ3n) is 2.56. The van der Waals surface area contributed by atoms with Crippen LogP contribution in [0.25, 0.3) is 0 Å². The minimum Gasteiger partial charge on any atom is -0.493 e. The summed E-state index contributed by atoms with van der Waals surface area (Å²) in [5.41, 5.74) is 0.309. The molecule has 0 N–H and O–H groups in total. The van der Waals surface area contributed by atoms with Crippen LogP contribution in [0.1, 0.15) is 17.3 Å². The molecule has 5 nitrogen and oxygen atoms in total. The lowest BCUT2D eigenvalue weighted by Crippen LogP contribution is -2.11. The molecular weight excluding hydrogens is 234 g/mol. The van der Waals surface area contributed by atoms with Crippen molar-refractivity contribution in [1.29, 1.82) is 5.26 Å². The van der Waals surface area contributed by atoms with E-state index < -0.39 is 5.92 Å². The van der Waals surface area contributed by atoms with Crippen LogP contribution in [0.3, 0.4) is 0 Å². The zero-order valence-electron chi connectivity index (χ0n) is 10.8. The lowest BCUT2D eigenvalue weighted by atomic mass is 9.99. The SMILES string of the molecule is COc1ccc(C(=O)C(C)C#N)c(OC)c1OC. The molecule has 0 radical (unpaired) electrons. The van der Waals surface area contributed by atoms with Gasteiger partial charge < -0.3 is 14.2 Å². The molecule has 1 atom stereocenters. The fourth-order valence-electron chi connectivity index (χ4n) is 1.59. The predicted molar refractivity (Wildman–Crippen MR) is 65.2 cm³/mol. The number of hydrogen-bond donors (Lipinski definition) is 0. The highest BCUT2D eigenvalue weighted by Gasteiger charge is 2.23. The van der Waals surface area contributed by atoms with Crippen LogP contribution < -0.4 is 14.2 Å². The molecule has 96 valence electrons. The zero-order chi connectivity index (χ0) is 13.7. The minimum atomic E-state index is -0.739. The molecule has 0 fully saturated rings. The van der Waals surface area contributed by atoms with Crippen LogP contribution in [0.15, 0.2) is 12.1 Å². The highest BCUT2D eigenvalue weighted by molar-refractivity contribution is 6.02. The van der Waals surface area contributed by atoms with Gasteiger partial charge in [0.25, 0.3) is 0 Å². The van der Waals surface area contributed by atoms with Gasteiger partial charge in [-0.1, -0.05) is 0 Å². The van der Waals surface area contributed by atoms with Crippen LogP contribution in [0.2, 0.25) is 0 Å². The Morgan fingerprint density at radius 3 is 2.22 bits per heavy atom. The molecule has 0 spiro atoms. The quantitative estimate of drug-likeness (QED) is 0.747. The topological polar surface area (TPSA) is 68.6 Å². The van der Waals surface area contributed by atoms with E-state index in [1.807, 2.05) is 6.07 Å². The monoisotopic (exact) mass is 249 g/mol. The average Bonchev–Trinajstić information content (AvgIpc) is 2.43.